The van der Waals surface area contributed by atoms with Crippen molar-refractivity contribution in [3.05, 3.63) is 17.5 Å². The van der Waals surface area contributed by atoms with Crippen LogP contribution in [-0.4, -0.2) is 41.2 Å². The fraction of sp³-hybridized carbons (Fsp3) is 0.692. The third-order valence-corrected chi connectivity index (χ3v) is 2.81. The fourth-order valence-corrected chi connectivity index (χ4v) is 1.82. The van der Waals surface area contributed by atoms with Crippen LogP contribution in [0.4, 0.5) is 0 Å². The van der Waals surface area contributed by atoms with E-state index in [-0.39, 0.29) is 5.91 Å². The van der Waals surface area contributed by atoms with Crippen LogP contribution in [0.1, 0.15) is 37.4 Å². The number of nitrogens with one attached hydrogen (secondary N) is 1. The molecule has 5 nitrogen and oxygen atoms in total. The van der Waals surface area contributed by atoms with Gasteiger partial charge in [-0.2, -0.15) is 5.10 Å². The Morgan fingerprint density at radius 3 is 2.72 bits per heavy atom. The van der Waals surface area contributed by atoms with Crippen molar-refractivity contribution in [3.63, 3.8) is 0 Å². The summed E-state index contributed by atoms with van der Waals surface area (Å²) in [6, 6.07) is 0. The molecular formula is C13H24N4O. The monoisotopic (exact) mass is 252 g/mol. The molecule has 0 saturated heterocycles. The van der Waals surface area contributed by atoms with Crippen LogP contribution in [0.25, 0.3) is 0 Å². The molecule has 0 aliphatic carbocycles. The van der Waals surface area contributed by atoms with Crippen LogP contribution >= 0.6 is 0 Å². The Kier molecular flexibility index (Phi) is 5.34. The van der Waals surface area contributed by atoms with Gasteiger partial charge in [0.2, 0.25) is 5.91 Å². The molecule has 1 amide bonds. The Balaban J connectivity index is 2.42. The third kappa shape index (κ3) is 4.14. The molecular weight excluding hydrogens is 228 g/mol. The molecule has 0 aliphatic rings. The van der Waals surface area contributed by atoms with Crippen LogP contribution in [0.15, 0.2) is 6.20 Å². The molecule has 0 bridgehead atoms. The van der Waals surface area contributed by atoms with Crippen LogP contribution < -0.4 is 5.32 Å². The van der Waals surface area contributed by atoms with E-state index in [0.717, 1.165) is 12.2 Å². The standard InChI is InChI=1S/C13H24N4O/c1-10(2)13-11(9-17(5)15-13)8-14-7-6-12(18)16(3)4/h9-10,14H,6-8H2,1-5H3. The summed E-state index contributed by atoms with van der Waals surface area (Å²) in [6.45, 7) is 5.74. The van der Waals surface area contributed by atoms with Gasteiger partial charge in [-0.15, -0.1) is 0 Å². The van der Waals surface area contributed by atoms with E-state index < -0.39 is 0 Å². The maximum atomic E-state index is 11.4. The molecule has 0 aromatic carbocycles. The van der Waals surface area contributed by atoms with E-state index in [9.17, 15) is 4.79 Å². The van der Waals surface area contributed by atoms with Crippen molar-refractivity contribution in [3.8, 4) is 0 Å². The first-order valence-corrected chi connectivity index (χ1v) is 6.35. The fourth-order valence-electron chi connectivity index (χ4n) is 1.82. The van der Waals surface area contributed by atoms with E-state index in [1.54, 1.807) is 19.0 Å². The summed E-state index contributed by atoms with van der Waals surface area (Å²) in [7, 11) is 5.49. The highest BCUT2D eigenvalue weighted by Gasteiger charge is 2.11. The largest absolute Gasteiger partial charge is 0.349 e. The smallest absolute Gasteiger partial charge is 0.223 e. The third-order valence-electron chi connectivity index (χ3n) is 2.81. The summed E-state index contributed by atoms with van der Waals surface area (Å²) >= 11 is 0. The lowest BCUT2D eigenvalue weighted by Crippen LogP contribution is -2.26. The summed E-state index contributed by atoms with van der Waals surface area (Å²) in [5.74, 6) is 0.573. The van der Waals surface area contributed by atoms with Gasteiger partial charge in [-0.05, 0) is 5.92 Å². The SMILES string of the molecule is CC(C)c1nn(C)cc1CNCCC(=O)N(C)C. The molecule has 18 heavy (non-hydrogen) atoms. The van der Waals surface area contributed by atoms with Gasteiger partial charge in [0, 0.05) is 52.4 Å². The molecule has 1 aromatic rings. The Bertz CT molecular complexity index is 396. The summed E-state index contributed by atoms with van der Waals surface area (Å²) in [6.07, 6.45) is 2.57. The number of carbonyl (C=O) groups excluding carboxylic acids is 1. The lowest BCUT2D eigenvalue weighted by molar-refractivity contribution is -0.128. The van der Waals surface area contributed by atoms with Gasteiger partial charge in [-0.3, -0.25) is 9.48 Å². The van der Waals surface area contributed by atoms with Crippen molar-refractivity contribution >= 4 is 5.91 Å². The van der Waals surface area contributed by atoms with Gasteiger partial charge in [0.15, 0.2) is 0 Å². The number of rotatable bonds is 6. The highest BCUT2D eigenvalue weighted by atomic mass is 16.2. The van der Waals surface area contributed by atoms with Gasteiger partial charge >= 0.3 is 0 Å². The molecule has 0 aliphatic heterocycles. The van der Waals surface area contributed by atoms with E-state index in [0.29, 0.717) is 18.9 Å². The highest BCUT2D eigenvalue weighted by molar-refractivity contribution is 5.75. The van der Waals surface area contributed by atoms with Crippen LogP contribution in [0.5, 0.6) is 0 Å². The van der Waals surface area contributed by atoms with E-state index in [2.05, 4.69) is 24.3 Å². The normalized spacial score (nSPS) is 11.0. The molecule has 0 atom stereocenters. The summed E-state index contributed by atoms with van der Waals surface area (Å²) in [4.78, 5) is 13.0. The predicted octanol–water partition coefficient (Wildman–Crippen LogP) is 1.11. The second kappa shape index (κ2) is 6.54. The van der Waals surface area contributed by atoms with Crippen molar-refractivity contribution in [1.29, 1.82) is 0 Å². The zero-order chi connectivity index (χ0) is 13.7. The van der Waals surface area contributed by atoms with Gasteiger partial charge in [0.1, 0.15) is 0 Å². The topological polar surface area (TPSA) is 50.2 Å². The van der Waals surface area contributed by atoms with Gasteiger partial charge in [-0.25, -0.2) is 0 Å². The number of aryl methyl sites for hydroxylation is 1. The van der Waals surface area contributed by atoms with Crippen molar-refractivity contribution in [2.75, 3.05) is 20.6 Å². The number of aromatic nitrogens is 2. The summed E-state index contributed by atoms with van der Waals surface area (Å²) < 4.78 is 1.84. The maximum absolute atomic E-state index is 11.4. The lowest BCUT2D eigenvalue weighted by atomic mass is 10.1. The second-order valence-electron chi connectivity index (χ2n) is 5.08. The van der Waals surface area contributed by atoms with E-state index >= 15 is 0 Å². The average Bonchev–Trinajstić information content (AvgIpc) is 2.65. The first-order chi connectivity index (χ1) is 8.41. The first kappa shape index (κ1) is 14.7. The Morgan fingerprint density at radius 2 is 2.17 bits per heavy atom. The minimum absolute atomic E-state index is 0.151. The average molecular weight is 252 g/mol. The molecule has 1 N–H and O–H groups in total. The lowest BCUT2D eigenvalue weighted by Gasteiger charge is -2.10. The first-order valence-electron chi connectivity index (χ1n) is 6.35. The van der Waals surface area contributed by atoms with Gasteiger partial charge in [-0.1, -0.05) is 13.8 Å². The second-order valence-corrected chi connectivity index (χ2v) is 5.08. The summed E-state index contributed by atoms with van der Waals surface area (Å²) in [5, 5.41) is 7.75. The van der Waals surface area contributed by atoms with Crippen LogP contribution in [0, 0.1) is 0 Å². The Labute approximate surface area is 109 Å². The number of hydrogen-bond donors (Lipinski definition) is 1. The van der Waals surface area contributed by atoms with Crippen LogP contribution in [0.2, 0.25) is 0 Å². The summed E-state index contributed by atoms with van der Waals surface area (Å²) in [5.41, 5.74) is 2.34. The highest BCUT2D eigenvalue weighted by Crippen LogP contribution is 2.16. The molecule has 5 heteroatoms. The molecule has 0 fully saturated rings. The van der Waals surface area contributed by atoms with E-state index in [4.69, 9.17) is 0 Å². The predicted molar refractivity (Wildman–Crippen MR) is 72.3 cm³/mol. The zero-order valence-corrected chi connectivity index (χ0v) is 12.0. The molecule has 102 valence electrons. The quantitative estimate of drug-likeness (QED) is 0.772. The van der Waals surface area contributed by atoms with Gasteiger partial charge < -0.3 is 10.2 Å². The molecule has 1 heterocycles. The Morgan fingerprint density at radius 1 is 1.50 bits per heavy atom. The van der Waals surface area contributed by atoms with E-state index in [1.807, 2.05) is 17.9 Å². The van der Waals surface area contributed by atoms with Crippen molar-refractivity contribution in [1.82, 2.24) is 20.0 Å². The molecule has 1 rings (SSSR count). The van der Waals surface area contributed by atoms with E-state index in [1.165, 1.54) is 5.56 Å². The van der Waals surface area contributed by atoms with Crippen molar-refractivity contribution < 1.29 is 4.79 Å². The molecule has 0 spiro atoms. The number of carbonyl (C=O) groups is 1. The zero-order valence-electron chi connectivity index (χ0n) is 12.0. The van der Waals surface area contributed by atoms with Crippen molar-refractivity contribution in [2.45, 2.75) is 32.7 Å². The molecule has 0 unspecified atom stereocenters. The minimum atomic E-state index is 0.151. The van der Waals surface area contributed by atoms with Gasteiger partial charge in [0.05, 0.1) is 5.69 Å². The number of hydrogen-bond acceptors (Lipinski definition) is 3. The van der Waals surface area contributed by atoms with Crippen LogP contribution in [-0.2, 0) is 18.4 Å². The van der Waals surface area contributed by atoms with Crippen LogP contribution in [0.3, 0.4) is 0 Å². The number of amides is 1. The minimum Gasteiger partial charge on any atom is -0.349 e. The number of nitrogens with zero attached hydrogens (tertiary/aromatic N) is 3. The Hall–Kier alpha value is -1.36. The van der Waals surface area contributed by atoms with Gasteiger partial charge in [0.25, 0.3) is 0 Å². The van der Waals surface area contributed by atoms with Crippen molar-refractivity contribution in [2.24, 2.45) is 7.05 Å². The molecule has 0 radical (unpaired) electrons. The molecule has 1 aromatic heterocycles. The molecule has 0 saturated carbocycles. The maximum Gasteiger partial charge on any atom is 0.223 e.